The molecule has 1 atom stereocenters. The number of anilines is 2. The van der Waals surface area contributed by atoms with Crippen LogP contribution < -0.4 is 5.32 Å². The molecule has 1 saturated carbocycles. The van der Waals surface area contributed by atoms with Crippen LogP contribution in [0.4, 0.5) is 11.6 Å². The Morgan fingerprint density at radius 3 is 2.84 bits per heavy atom. The van der Waals surface area contributed by atoms with E-state index >= 15 is 0 Å². The van der Waals surface area contributed by atoms with Crippen molar-refractivity contribution in [1.29, 1.82) is 5.26 Å². The summed E-state index contributed by atoms with van der Waals surface area (Å²) in [5.74, 6) is 1.94. The summed E-state index contributed by atoms with van der Waals surface area (Å²) in [6, 6.07) is 8.68. The second-order valence-corrected chi connectivity index (χ2v) is 7.83. The SMILES string of the molecule is N#Cc1cc(Nc2cc(C3CC3)[nH]n2)nc(-c2ccc(S(=O)O)s2)n1. The average Bonchev–Trinajstić information content (AvgIpc) is 3.15. The molecular formula is C15H12N6O2S2. The van der Waals surface area contributed by atoms with Crippen LogP contribution in [0.1, 0.15) is 30.1 Å². The van der Waals surface area contributed by atoms with Gasteiger partial charge in [-0.05, 0) is 25.0 Å². The van der Waals surface area contributed by atoms with Gasteiger partial charge in [0.05, 0.1) is 4.88 Å². The predicted octanol–water partition coefficient (Wildman–Crippen LogP) is 3.00. The molecular weight excluding hydrogens is 360 g/mol. The lowest BCUT2D eigenvalue weighted by Crippen LogP contribution is -1.99. The van der Waals surface area contributed by atoms with E-state index in [4.69, 9.17) is 4.55 Å². The second kappa shape index (κ2) is 6.36. The summed E-state index contributed by atoms with van der Waals surface area (Å²) in [5, 5.41) is 19.5. The third-order valence-electron chi connectivity index (χ3n) is 3.69. The highest BCUT2D eigenvalue weighted by Crippen LogP contribution is 2.39. The number of hydrogen-bond donors (Lipinski definition) is 3. The van der Waals surface area contributed by atoms with E-state index in [2.05, 4.69) is 25.5 Å². The van der Waals surface area contributed by atoms with Gasteiger partial charge in [0, 0.05) is 23.7 Å². The maximum Gasteiger partial charge on any atom is 0.196 e. The lowest BCUT2D eigenvalue weighted by molar-refractivity contribution is 0.566. The van der Waals surface area contributed by atoms with Crippen LogP contribution in [-0.2, 0) is 11.1 Å². The van der Waals surface area contributed by atoms with Crippen LogP contribution >= 0.6 is 11.3 Å². The van der Waals surface area contributed by atoms with Crippen molar-refractivity contribution >= 4 is 34.1 Å². The highest BCUT2D eigenvalue weighted by atomic mass is 32.2. The zero-order valence-corrected chi connectivity index (χ0v) is 14.4. The Labute approximate surface area is 149 Å². The molecule has 1 unspecified atom stereocenters. The van der Waals surface area contributed by atoms with Gasteiger partial charge < -0.3 is 9.87 Å². The van der Waals surface area contributed by atoms with Gasteiger partial charge in [-0.25, -0.2) is 14.2 Å². The molecule has 0 amide bonds. The van der Waals surface area contributed by atoms with E-state index < -0.39 is 11.1 Å². The van der Waals surface area contributed by atoms with Crippen LogP contribution in [0, 0.1) is 11.3 Å². The molecule has 10 heteroatoms. The van der Waals surface area contributed by atoms with Crippen molar-refractivity contribution in [2.45, 2.75) is 23.0 Å². The zero-order valence-electron chi connectivity index (χ0n) is 12.8. The van der Waals surface area contributed by atoms with Gasteiger partial charge in [-0.15, -0.1) is 11.3 Å². The first kappa shape index (κ1) is 15.9. The molecule has 0 aromatic carbocycles. The van der Waals surface area contributed by atoms with Gasteiger partial charge in [0.1, 0.15) is 21.8 Å². The Bertz CT molecular complexity index is 1000. The quantitative estimate of drug-likeness (QED) is 0.587. The van der Waals surface area contributed by atoms with Crippen LogP contribution in [0.25, 0.3) is 10.7 Å². The van der Waals surface area contributed by atoms with Gasteiger partial charge in [-0.1, -0.05) is 0 Å². The van der Waals surface area contributed by atoms with Crippen LogP contribution in [0.2, 0.25) is 0 Å². The number of nitriles is 1. The fourth-order valence-electron chi connectivity index (χ4n) is 2.35. The summed E-state index contributed by atoms with van der Waals surface area (Å²) in [6.45, 7) is 0. The smallest absolute Gasteiger partial charge is 0.196 e. The van der Waals surface area contributed by atoms with Crippen molar-refractivity contribution in [2.75, 3.05) is 5.32 Å². The highest BCUT2D eigenvalue weighted by Gasteiger charge is 2.25. The molecule has 1 fully saturated rings. The van der Waals surface area contributed by atoms with E-state index in [-0.39, 0.29) is 5.69 Å². The number of aromatic amines is 1. The molecule has 0 spiro atoms. The summed E-state index contributed by atoms with van der Waals surface area (Å²) >= 11 is -0.943. The lowest BCUT2D eigenvalue weighted by atomic mass is 10.3. The molecule has 126 valence electrons. The molecule has 3 heterocycles. The van der Waals surface area contributed by atoms with Gasteiger partial charge in [0.25, 0.3) is 0 Å². The number of rotatable bonds is 5. The fraction of sp³-hybridized carbons (Fsp3) is 0.200. The Balaban J connectivity index is 1.64. The summed E-state index contributed by atoms with van der Waals surface area (Å²) < 4.78 is 20.6. The first-order chi connectivity index (χ1) is 12.1. The van der Waals surface area contributed by atoms with E-state index in [0.29, 0.717) is 32.5 Å². The van der Waals surface area contributed by atoms with Crippen molar-refractivity contribution < 1.29 is 8.76 Å². The molecule has 0 bridgehead atoms. The Kier molecular flexibility index (Phi) is 4.04. The number of thiophene rings is 1. The van der Waals surface area contributed by atoms with Gasteiger partial charge in [-0.2, -0.15) is 10.4 Å². The molecule has 0 aliphatic heterocycles. The molecule has 8 nitrogen and oxygen atoms in total. The van der Waals surface area contributed by atoms with Gasteiger partial charge in [0.15, 0.2) is 22.7 Å². The highest BCUT2D eigenvalue weighted by molar-refractivity contribution is 7.81. The number of nitrogens with zero attached hydrogens (tertiary/aromatic N) is 4. The maximum atomic E-state index is 11.1. The van der Waals surface area contributed by atoms with Crippen LogP contribution in [0.15, 0.2) is 28.5 Å². The van der Waals surface area contributed by atoms with Crippen molar-refractivity contribution in [3.8, 4) is 16.8 Å². The predicted molar refractivity (Wildman–Crippen MR) is 92.9 cm³/mol. The first-order valence-corrected chi connectivity index (χ1v) is 9.37. The topological polar surface area (TPSA) is 128 Å². The molecule has 3 aromatic rings. The summed E-state index contributed by atoms with van der Waals surface area (Å²) in [5.41, 5.74) is 1.29. The molecule has 0 saturated heterocycles. The van der Waals surface area contributed by atoms with E-state index in [1.165, 1.54) is 18.9 Å². The first-order valence-electron chi connectivity index (χ1n) is 7.45. The summed E-state index contributed by atoms with van der Waals surface area (Å²) in [7, 11) is 0. The third kappa shape index (κ3) is 3.43. The Morgan fingerprint density at radius 2 is 2.16 bits per heavy atom. The Morgan fingerprint density at radius 1 is 1.32 bits per heavy atom. The summed E-state index contributed by atoms with van der Waals surface area (Å²) in [6.07, 6.45) is 2.34. The minimum Gasteiger partial charge on any atom is -0.323 e. The van der Waals surface area contributed by atoms with Crippen molar-refractivity contribution in [3.63, 3.8) is 0 Å². The molecule has 25 heavy (non-hydrogen) atoms. The van der Waals surface area contributed by atoms with E-state index in [1.54, 1.807) is 12.1 Å². The normalized spacial score (nSPS) is 14.9. The summed E-state index contributed by atoms with van der Waals surface area (Å²) in [4.78, 5) is 9.17. The van der Waals surface area contributed by atoms with Crippen molar-refractivity contribution in [1.82, 2.24) is 20.2 Å². The molecule has 1 aliphatic carbocycles. The van der Waals surface area contributed by atoms with Crippen molar-refractivity contribution in [2.24, 2.45) is 0 Å². The molecule has 1 aliphatic rings. The van der Waals surface area contributed by atoms with Crippen LogP contribution in [0.5, 0.6) is 0 Å². The number of aromatic nitrogens is 4. The largest absolute Gasteiger partial charge is 0.323 e. The second-order valence-electron chi connectivity index (χ2n) is 5.55. The maximum absolute atomic E-state index is 11.1. The van der Waals surface area contributed by atoms with Crippen LogP contribution in [0.3, 0.4) is 0 Å². The number of nitrogens with one attached hydrogen (secondary N) is 2. The lowest BCUT2D eigenvalue weighted by Gasteiger charge is -2.04. The van der Waals surface area contributed by atoms with E-state index in [1.807, 2.05) is 12.1 Å². The Hall–Kier alpha value is -2.61. The monoisotopic (exact) mass is 372 g/mol. The molecule has 3 aromatic heterocycles. The van der Waals surface area contributed by atoms with Gasteiger partial charge in [-0.3, -0.25) is 5.10 Å². The van der Waals surface area contributed by atoms with Gasteiger partial charge >= 0.3 is 0 Å². The standard InChI is InChI=1S/C15H12N6O2S2/c16-7-9-5-12(18-13-6-10(20-21-13)8-1-2-8)19-15(17-9)11-3-4-14(24-11)25(22)23/h3-6,8H,1-2H2,(H,22,23)(H2,17,18,19,20,21). The van der Waals surface area contributed by atoms with Gasteiger partial charge in [0.2, 0.25) is 0 Å². The van der Waals surface area contributed by atoms with E-state index in [0.717, 1.165) is 17.0 Å². The molecule has 0 radical (unpaired) electrons. The van der Waals surface area contributed by atoms with E-state index in [9.17, 15) is 9.47 Å². The third-order valence-corrected chi connectivity index (χ3v) is 5.72. The molecule has 4 rings (SSSR count). The van der Waals surface area contributed by atoms with Crippen LogP contribution in [-0.4, -0.2) is 28.9 Å². The zero-order chi connectivity index (χ0) is 17.4. The fourth-order valence-corrected chi connectivity index (χ4v) is 3.76. The number of H-pyrrole nitrogens is 1. The molecule has 3 N–H and O–H groups in total. The average molecular weight is 372 g/mol. The van der Waals surface area contributed by atoms with Crippen molar-refractivity contribution in [3.05, 3.63) is 35.7 Å². The minimum absolute atomic E-state index is 0.200. The minimum atomic E-state index is -2.05. The number of hydrogen-bond acceptors (Lipinski definition) is 7.